The molecular formula is C12H17NO3S2. The Morgan fingerprint density at radius 3 is 3.00 bits per heavy atom. The van der Waals surface area contributed by atoms with Crippen molar-refractivity contribution in [1.29, 1.82) is 0 Å². The Morgan fingerprint density at radius 1 is 1.50 bits per heavy atom. The molecule has 6 heteroatoms. The molecule has 0 aliphatic carbocycles. The molecular weight excluding hydrogens is 270 g/mol. The first-order chi connectivity index (χ1) is 8.55. The van der Waals surface area contributed by atoms with Gasteiger partial charge in [0.1, 0.15) is 5.78 Å². The number of sulfone groups is 1. The topological polar surface area (TPSA) is 63.2 Å². The van der Waals surface area contributed by atoms with Crippen molar-refractivity contribution in [2.75, 3.05) is 18.1 Å². The lowest BCUT2D eigenvalue weighted by Crippen LogP contribution is -2.46. The third kappa shape index (κ3) is 4.19. The number of aryl methyl sites for hydroxylation is 1. The molecule has 0 amide bonds. The van der Waals surface area contributed by atoms with Crippen LogP contribution in [0.5, 0.6) is 0 Å². The first-order valence-electron chi connectivity index (χ1n) is 6.02. The van der Waals surface area contributed by atoms with Crippen LogP contribution in [0.15, 0.2) is 16.8 Å². The Hall–Kier alpha value is -0.720. The van der Waals surface area contributed by atoms with Crippen molar-refractivity contribution in [3.05, 3.63) is 22.4 Å². The highest BCUT2D eigenvalue weighted by Gasteiger charge is 2.25. The van der Waals surface area contributed by atoms with Crippen LogP contribution in [0.3, 0.4) is 0 Å². The third-order valence-electron chi connectivity index (χ3n) is 3.05. The molecule has 18 heavy (non-hydrogen) atoms. The molecule has 100 valence electrons. The van der Waals surface area contributed by atoms with Crippen LogP contribution >= 0.6 is 11.3 Å². The van der Waals surface area contributed by atoms with Gasteiger partial charge in [0.15, 0.2) is 9.84 Å². The van der Waals surface area contributed by atoms with E-state index in [1.165, 1.54) is 5.56 Å². The Balaban J connectivity index is 1.77. The number of ketones is 1. The lowest BCUT2D eigenvalue weighted by atomic mass is 10.1. The summed E-state index contributed by atoms with van der Waals surface area (Å²) < 4.78 is 22.9. The number of hydrogen-bond donors (Lipinski definition) is 1. The van der Waals surface area contributed by atoms with Gasteiger partial charge in [0.05, 0.1) is 11.5 Å². The van der Waals surface area contributed by atoms with Gasteiger partial charge >= 0.3 is 0 Å². The van der Waals surface area contributed by atoms with Gasteiger partial charge in [-0.2, -0.15) is 11.3 Å². The Morgan fingerprint density at radius 2 is 2.33 bits per heavy atom. The van der Waals surface area contributed by atoms with Gasteiger partial charge in [-0.25, -0.2) is 8.42 Å². The highest BCUT2D eigenvalue weighted by molar-refractivity contribution is 7.91. The fraction of sp³-hybridized carbons (Fsp3) is 0.583. The first kappa shape index (κ1) is 13.7. The minimum atomic E-state index is -2.95. The molecule has 0 spiro atoms. The second kappa shape index (κ2) is 5.95. The Bertz CT molecular complexity index is 493. The third-order valence-corrected chi connectivity index (χ3v) is 5.52. The second-order valence-electron chi connectivity index (χ2n) is 4.64. The molecule has 1 N–H and O–H groups in total. The number of Topliss-reactive ketones (excluding diaryl/α,β-unsaturated/α-hetero) is 1. The predicted molar refractivity (Wildman–Crippen MR) is 72.7 cm³/mol. The number of carbonyl (C=O) groups is 1. The van der Waals surface area contributed by atoms with Crippen LogP contribution in [0, 0.1) is 0 Å². The average molecular weight is 287 g/mol. The van der Waals surface area contributed by atoms with E-state index in [0.29, 0.717) is 19.4 Å². The summed E-state index contributed by atoms with van der Waals surface area (Å²) in [5.41, 5.74) is 1.18. The molecule has 1 aromatic rings. The minimum absolute atomic E-state index is 0.0944. The highest BCUT2D eigenvalue weighted by Crippen LogP contribution is 2.11. The van der Waals surface area contributed by atoms with Crippen molar-refractivity contribution < 1.29 is 13.2 Å². The van der Waals surface area contributed by atoms with E-state index < -0.39 is 9.84 Å². The van der Waals surface area contributed by atoms with Crippen LogP contribution in [0.2, 0.25) is 0 Å². The summed E-state index contributed by atoms with van der Waals surface area (Å²) in [6, 6.07) is 1.82. The zero-order valence-electron chi connectivity index (χ0n) is 10.1. The molecule has 0 saturated carbocycles. The van der Waals surface area contributed by atoms with Gasteiger partial charge in [-0.3, -0.25) is 4.79 Å². The molecule has 1 unspecified atom stereocenters. The van der Waals surface area contributed by atoms with E-state index in [4.69, 9.17) is 0 Å². The number of nitrogens with one attached hydrogen (secondary N) is 1. The summed E-state index contributed by atoms with van der Waals surface area (Å²) in [4.78, 5) is 11.8. The smallest absolute Gasteiger partial charge is 0.153 e. The number of thiophene rings is 1. The average Bonchev–Trinajstić information content (AvgIpc) is 2.77. The van der Waals surface area contributed by atoms with E-state index in [2.05, 4.69) is 5.32 Å². The Kier molecular flexibility index (Phi) is 4.53. The van der Waals surface area contributed by atoms with Crippen LogP contribution in [-0.4, -0.2) is 38.3 Å². The lowest BCUT2D eigenvalue weighted by molar-refractivity contribution is -0.119. The fourth-order valence-corrected chi connectivity index (χ4v) is 4.24. The molecule has 1 saturated heterocycles. The zero-order valence-corrected chi connectivity index (χ0v) is 11.7. The van der Waals surface area contributed by atoms with Crippen molar-refractivity contribution in [2.45, 2.75) is 25.3 Å². The van der Waals surface area contributed by atoms with Gasteiger partial charge in [-0.05, 0) is 28.8 Å². The normalized spacial score (nSPS) is 22.8. The Labute approximate surface area is 111 Å². The zero-order chi connectivity index (χ0) is 13.0. The SMILES string of the molecule is O=C(CCc1ccsc1)CC1CS(=O)(=O)CCN1. The van der Waals surface area contributed by atoms with Gasteiger partial charge in [-0.15, -0.1) is 0 Å². The maximum atomic E-state index is 11.8. The molecule has 0 aromatic carbocycles. The van der Waals surface area contributed by atoms with Crippen LogP contribution < -0.4 is 5.32 Å². The summed E-state index contributed by atoms with van der Waals surface area (Å²) in [6.07, 6.45) is 1.57. The minimum Gasteiger partial charge on any atom is -0.312 e. The summed E-state index contributed by atoms with van der Waals surface area (Å²) in [7, 11) is -2.95. The van der Waals surface area contributed by atoms with Crippen LogP contribution in [0.25, 0.3) is 0 Å². The van der Waals surface area contributed by atoms with Crippen LogP contribution in [0.4, 0.5) is 0 Å². The van der Waals surface area contributed by atoms with Gasteiger partial charge in [0.2, 0.25) is 0 Å². The van der Waals surface area contributed by atoms with Crippen molar-refractivity contribution in [2.24, 2.45) is 0 Å². The molecule has 2 heterocycles. The lowest BCUT2D eigenvalue weighted by Gasteiger charge is -2.22. The number of hydrogen-bond acceptors (Lipinski definition) is 5. The van der Waals surface area contributed by atoms with E-state index in [1.807, 2.05) is 16.8 Å². The molecule has 0 radical (unpaired) electrons. The fourth-order valence-electron chi connectivity index (χ4n) is 2.09. The molecule has 2 rings (SSSR count). The maximum absolute atomic E-state index is 11.8. The van der Waals surface area contributed by atoms with Crippen molar-refractivity contribution in [3.8, 4) is 0 Å². The molecule has 1 fully saturated rings. The molecule has 1 aromatic heterocycles. The summed E-state index contributed by atoms with van der Waals surface area (Å²) in [5.74, 6) is 0.417. The van der Waals surface area contributed by atoms with E-state index in [0.717, 1.165) is 6.42 Å². The van der Waals surface area contributed by atoms with E-state index in [1.54, 1.807) is 11.3 Å². The van der Waals surface area contributed by atoms with Crippen molar-refractivity contribution in [3.63, 3.8) is 0 Å². The van der Waals surface area contributed by atoms with E-state index in [-0.39, 0.29) is 23.3 Å². The van der Waals surface area contributed by atoms with Crippen molar-refractivity contribution >= 4 is 27.0 Å². The highest BCUT2D eigenvalue weighted by atomic mass is 32.2. The van der Waals surface area contributed by atoms with Crippen molar-refractivity contribution in [1.82, 2.24) is 5.32 Å². The molecule has 0 bridgehead atoms. The molecule has 1 atom stereocenters. The summed E-state index contributed by atoms with van der Waals surface area (Å²) >= 11 is 1.62. The quantitative estimate of drug-likeness (QED) is 0.878. The second-order valence-corrected chi connectivity index (χ2v) is 7.65. The molecule has 1 aliphatic heterocycles. The molecule has 1 aliphatic rings. The molecule has 4 nitrogen and oxygen atoms in total. The maximum Gasteiger partial charge on any atom is 0.153 e. The first-order valence-corrected chi connectivity index (χ1v) is 8.78. The summed E-state index contributed by atoms with van der Waals surface area (Å²) in [6.45, 7) is 0.463. The van der Waals surface area contributed by atoms with Gasteiger partial charge in [-0.1, -0.05) is 0 Å². The largest absolute Gasteiger partial charge is 0.312 e. The number of rotatable bonds is 5. The van der Waals surface area contributed by atoms with Crippen LogP contribution in [0.1, 0.15) is 18.4 Å². The van der Waals surface area contributed by atoms with Gasteiger partial charge < -0.3 is 5.32 Å². The van der Waals surface area contributed by atoms with E-state index >= 15 is 0 Å². The monoisotopic (exact) mass is 287 g/mol. The van der Waals surface area contributed by atoms with Gasteiger partial charge in [0.25, 0.3) is 0 Å². The standard InChI is InChI=1S/C12H17NO3S2/c14-12(2-1-10-3-5-17-8-10)7-11-9-18(15,16)6-4-13-11/h3,5,8,11,13H,1-2,4,6-7,9H2. The van der Waals surface area contributed by atoms with Crippen LogP contribution in [-0.2, 0) is 21.1 Å². The van der Waals surface area contributed by atoms with Gasteiger partial charge in [0, 0.05) is 25.4 Å². The predicted octanol–water partition coefficient (Wildman–Crippen LogP) is 1.03. The summed E-state index contributed by atoms with van der Waals surface area (Å²) in [5, 5.41) is 7.13. The van der Waals surface area contributed by atoms with E-state index in [9.17, 15) is 13.2 Å². The number of carbonyl (C=O) groups excluding carboxylic acids is 1.